The molecule has 0 bridgehead atoms. The average Bonchev–Trinajstić information content (AvgIpc) is 2.52. The average molecular weight is 240 g/mol. The van der Waals surface area contributed by atoms with Crippen LogP contribution < -0.4 is 4.90 Å². The molecule has 0 radical (unpaired) electrons. The molecule has 0 N–H and O–H groups in total. The Labute approximate surface area is 96.9 Å². The first-order valence-corrected chi connectivity index (χ1v) is 5.15. The molecule has 17 heavy (non-hydrogen) atoms. The number of carbonyl (C=O) groups excluding carboxylic acids is 1. The fourth-order valence-corrected chi connectivity index (χ4v) is 1.76. The number of nitro groups is 1. The van der Waals surface area contributed by atoms with Crippen molar-refractivity contribution in [2.45, 2.75) is 6.42 Å². The third kappa shape index (κ3) is 2.11. The smallest absolute Gasteiger partial charge is 0.331 e. The first kappa shape index (κ1) is 11.5. The monoisotopic (exact) mass is 240 g/mol. The maximum absolute atomic E-state index is 11.8. The Kier molecular flexibility index (Phi) is 3.05. The van der Waals surface area contributed by atoms with Crippen molar-refractivity contribution in [2.75, 3.05) is 24.7 Å². The van der Waals surface area contributed by atoms with Crippen molar-refractivity contribution in [3.63, 3.8) is 0 Å². The van der Waals surface area contributed by atoms with Crippen LogP contribution in [-0.4, -0.2) is 40.4 Å². The number of hydrogen-bond donors (Lipinski definition) is 0. The molecule has 1 aliphatic heterocycles. The first-order chi connectivity index (χ1) is 8.11. The number of aromatic nitrogens is 2. The van der Waals surface area contributed by atoms with Crippen molar-refractivity contribution >= 4 is 17.4 Å². The van der Waals surface area contributed by atoms with Crippen molar-refractivity contribution in [1.29, 1.82) is 0 Å². The molecular weight excluding hydrogens is 228 g/mol. The van der Waals surface area contributed by atoms with Crippen LogP contribution in [0.1, 0.15) is 6.42 Å². The van der Waals surface area contributed by atoms with E-state index < -0.39 is 4.92 Å². The number of carbonyl (C=O) groups is 1. The molecule has 0 aliphatic carbocycles. The summed E-state index contributed by atoms with van der Waals surface area (Å²) in [6.45, 7) is 1.02. The molecule has 1 fully saturated rings. The second-order valence-corrected chi connectivity index (χ2v) is 3.64. The zero-order valence-corrected chi connectivity index (χ0v) is 9.33. The highest BCUT2D eigenvalue weighted by molar-refractivity contribution is 5.94. The minimum Gasteiger partial charge on any atom is -0.379 e. The Hall–Kier alpha value is -1.96. The van der Waals surface area contributed by atoms with Gasteiger partial charge in [-0.05, 0) is 0 Å². The molecule has 0 unspecified atom stereocenters. The van der Waals surface area contributed by atoms with Gasteiger partial charge in [0.15, 0.2) is 0 Å². The Morgan fingerprint density at radius 1 is 1.53 bits per heavy atom. The van der Waals surface area contributed by atoms with Crippen molar-refractivity contribution in [3.05, 3.63) is 16.3 Å². The number of ether oxygens (including phenoxy) is 1. The highest BCUT2D eigenvalue weighted by Crippen LogP contribution is 2.27. The second kappa shape index (κ2) is 4.50. The highest BCUT2D eigenvalue weighted by Gasteiger charge is 2.29. The Bertz CT molecular complexity index is 456. The van der Waals surface area contributed by atoms with Crippen LogP contribution >= 0.6 is 0 Å². The summed E-state index contributed by atoms with van der Waals surface area (Å²) in [4.78, 5) is 23.5. The van der Waals surface area contributed by atoms with Crippen LogP contribution in [0.3, 0.4) is 0 Å². The summed E-state index contributed by atoms with van der Waals surface area (Å²) in [6, 6.07) is 0. The lowest BCUT2D eigenvalue weighted by Gasteiger charge is -2.18. The van der Waals surface area contributed by atoms with E-state index in [2.05, 4.69) is 5.10 Å². The summed E-state index contributed by atoms with van der Waals surface area (Å²) in [7, 11) is 1.57. The van der Waals surface area contributed by atoms with E-state index >= 15 is 0 Å². The Morgan fingerprint density at radius 3 is 3.00 bits per heavy atom. The van der Waals surface area contributed by atoms with Gasteiger partial charge in [0.1, 0.15) is 6.20 Å². The molecule has 8 nitrogen and oxygen atoms in total. The normalized spacial score (nSPS) is 17.0. The molecular formula is C9H12N4O4. The van der Waals surface area contributed by atoms with E-state index in [0.29, 0.717) is 19.8 Å². The Morgan fingerprint density at radius 2 is 2.29 bits per heavy atom. The molecule has 92 valence electrons. The summed E-state index contributed by atoms with van der Waals surface area (Å²) in [6.07, 6.45) is 1.37. The van der Waals surface area contributed by atoms with Crippen LogP contribution in [0.4, 0.5) is 11.5 Å². The fraction of sp³-hybridized carbons (Fsp3) is 0.556. The van der Waals surface area contributed by atoms with Crippen LogP contribution in [0.15, 0.2) is 6.20 Å². The highest BCUT2D eigenvalue weighted by atomic mass is 16.6. The number of amides is 1. The zero-order chi connectivity index (χ0) is 12.4. The van der Waals surface area contributed by atoms with Crippen LogP contribution in [0.5, 0.6) is 0 Å². The predicted molar refractivity (Wildman–Crippen MR) is 57.7 cm³/mol. The topological polar surface area (TPSA) is 90.5 Å². The van der Waals surface area contributed by atoms with Gasteiger partial charge in [-0.3, -0.25) is 19.8 Å². The van der Waals surface area contributed by atoms with E-state index in [1.165, 1.54) is 9.58 Å². The minimum absolute atomic E-state index is 0.164. The van der Waals surface area contributed by atoms with Gasteiger partial charge in [-0.25, -0.2) is 4.68 Å². The largest absolute Gasteiger partial charge is 0.379 e. The summed E-state index contributed by atoms with van der Waals surface area (Å²) < 4.78 is 6.51. The molecule has 0 saturated carbocycles. The maximum Gasteiger partial charge on any atom is 0.331 e. The van der Waals surface area contributed by atoms with Gasteiger partial charge in [0, 0.05) is 7.05 Å². The summed E-state index contributed by atoms with van der Waals surface area (Å²) in [5, 5.41) is 14.7. The molecule has 8 heteroatoms. The van der Waals surface area contributed by atoms with Gasteiger partial charge in [-0.15, -0.1) is 0 Å². The van der Waals surface area contributed by atoms with Crippen LogP contribution in [0.2, 0.25) is 0 Å². The number of aryl methyl sites for hydroxylation is 1. The van der Waals surface area contributed by atoms with E-state index in [1.54, 1.807) is 7.05 Å². The van der Waals surface area contributed by atoms with E-state index in [4.69, 9.17) is 4.74 Å². The van der Waals surface area contributed by atoms with Gasteiger partial charge in [-0.2, -0.15) is 5.10 Å². The van der Waals surface area contributed by atoms with Gasteiger partial charge in [0.2, 0.25) is 11.7 Å². The van der Waals surface area contributed by atoms with Crippen LogP contribution in [0.25, 0.3) is 0 Å². The maximum atomic E-state index is 11.8. The van der Waals surface area contributed by atoms with Gasteiger partial charge >= 0.3 is 5.69 Å². The van der Waals surface area contributed by atoms with E-state index in [1.807, 2.05) is 0 Å². The predicted octanol–water partition coefficient (Wildman–Crippen LogP) is 0.0816. The summed E-state index contributed by atoms with van der Waals surface area (Å²) in [5.41, 5.74) is -0.164. The van der Waals surface area contributed by atoms with Crippen LogP contribution in [0, 0.1) is 10.1 Å². The van der Waals surface area contributed by atoms with E-state index in [-0.39, 0.29) is 23.8 Å². The van der Waals surface area contributed by atoms with Gasteiger partial charge in [0.25, 0.3) is 0 Å². The van der Waals surface area contributed by atoms with Crippen molar-refractivity contribution in [3.8, 4) is 0 Å². The zero-order valence-electron chi connectivity index (χ0n) is 9.33. The van der Waals surface area contributed by atoms with Gasteiger partial charge in [0.05, 0.1) is 31.1 Å². The summed E-state index contributed by atoms with van der Waals surface area (Å²) >= 11 is 0. The number of hydrogen-bond acceptors (Lipinski definition) is 5. The first-order valence-electron chi connectivity index (χ1n) is 5.15. The van der Waals surface area contributed by atoms with E-state index in [0.717, 1.165) is 6.20 Å². The SMILES string of the molecule is Cn1ncc([N+](=O)[O-])c1N1CCOCCC1=O. The molecule has 1 saturated heterocycles. The molecule has 0 spiro atoms. The van der Waals surface area contributed by atoms with Gasteiger partial charge < -0.3 is 4.74 Å². The number of anilines is 1. The lowest BCUT2D eigenvalue weighted by atomic mass is 10.3. The lowest BCUT2D eigenvalue weighted by Crippen LogP contribution is -2.33. The van der Waals surface area contributed by atoms with Crippen molar-refractivity contribution < 1.29 is 14.5 Å². The Balaban J connectivity index is 2.40. The second-order valence-electron chi connectivity index (χ2n) is 3.64. The molecule has 1 aromatic heterocycles. The number of nitrogens with zero attached hydrogens (tertiary/aromatic N) is 4. The standard InChI is InChI=1S/C9H12N4O4/c1-11-9(7(6-10-11)13(15)16)12-3-5-17-4-2-8(12)14/h6H,2-5H2,1H3. The molecule has 2 heterocycles. The molecule has 0 aromatic carbocycles. The summed E-state index contributed by atoms with van der Waals surface area (Å²) in [5.74, 6) is 0.0275. The van der Waals surface area contributed by atoms with Gasteiger partial charge in [-0.1, -0.05) is 0 Å². The molecule has 1 aliphatic rings. The molecule has 0 atom stereocenters. The van der Waals surface area contributed by atoms with Crippen molar-refractivity contribution in [1.82, 2.24) is 9.78 Å². The molecule has 2 rings (SSSR count). The number of rotatable bonds is 2. The quantitative estimate of drug-likeness (QED) is 0.539. The minimum atomic E-state index is -0.540. The fourth-order valence-electron chi connectivity index (χ4n) is 1.76. The van der Waals surface area contributed by atoms with E-state index in [9.17, 15) is 14.9 Å². The lowest BCUT2D eigenvalue weighted by molar-refractivity contribution is -0.384. The molecule has 1 aromatic rings. The van der Waals surface area contributed by atoms with Crippen LogP contribution in [-0.2, 0) is 16.6 Å². The van der Waals surface area contributed by atoms with Crippen molar-refractivity contribution in [2.24, 2.45) is 7.05 Å². The molecule has 1 amide bonds. The third-order valence-corrected chi connectivity index (χ3v) is 2.56. The third-order valence-electron chi connectivity index (χ3n) is 2.56.